The van der Waals surface area contributed by atoms with Crippen LogP contribution in [0.3, 0.4) is 0 Å². The Hall–Kier alpha value is -0.260. The summed E-state index contributed by atoms with van der Waals surface area (Å²) in [5.74, 6) is 0.752. The molecule has 1 aliphatic carbocycles. The fraction of sp³-hybridized carbons (Fsp3) is 0.818. The Morgan fingerprint density at radius 2 is 2.09 bits per heavy atom. The third-order valence-corrected chi connectivity index (χ3v) is 3.30. The predicted molar refractivity (Wildman–Crippen MR) is 50.6 cm³/mol. The lowest BCUT2D eigenvalue weighted by Gasteiger charge is -2.22. The van der Waals surface area contributed by atoms with Gasteiger partial charge in [-0.1, -0.05) is 32.4 Å². The van der Waals surface area contributed by atoms with Gasteiger partial charge in [0.25, 0.3) is 0 Å². The molecule has 1 fully saturated rings. The fourth-order valence-corrected chi connectivity index (χ4v) is 2.08. The minimum Gasteiger partial charge on any atom is -0.0999 e. The Morgan fingerprint density at radius 3 is 2.36 bits per heavy atom. The van der Waals surface area contributed by atoms with Crippen LogP contribution in [-0.2, 0) is 0 Å². The van der Waals surface area contributed by atoms with Crippen molar-refractivity contribution in [1.82, 2.24) is 0 Å². The van der Waals surface area contributed by atoms with Gasteiger partial charge < -0.3 is 0 Å². The van der Waals surface area contributed by atoms with Crippen LogP contribution in [0, 0.1) is 11.3 Å². The molecule has 1 saturated carbocycles. The van der Waals surface area contributed by atoms with Crippen molar-refractivity contribution in [2.75, 3.05) is 0 Å². The van der Waals surface area contributed by atoms with E-state index in [1.807, 2.05) is 0 Å². The molecule has 0 aliphatic heterocycles. The average molecular weight is 152 g/mol. The molecule has 64 valence electrons. The van der Waals surface area contributed by atoms with E-state index in [9.17, 15) is 0 Å². The second-order valence-electron chi connectivity index (χ2n) is 4.18. The third-order valence-electron chi connectivity index (χ3n) is 3.30. The largest absolute Gasteiger partial charge is 0.0999 e. The second-order valence-corrected chi connectivity index (χ2v) is 4.18. The molecule has 0 saturated heterocycles. The molecule has 0 N–H and O–H groups in total. The predicted octanol–water partition coefficient (Wildman–Crippen LogP) is 3.78. The molecular formula is C11H20. The van der Waals surface area contributed by atoms with E-state index in [4.69, 9.17) is 0 Å². The highest BCUT2D eigenvalue weighted by Crippen LogP contribution is 2.57. The van der Waals surface area contributed by atoms with Gasteiger partial charge in [-0.3, -0.25) is 0 Å². The van der Waals surface area contributed by atoms with Gasteiger partial charge in [-0.25, -0.2) is 0 Å². The van der Waals surface area contributed by atoms with E-state index in [0.29, 0.717) is 5.41 Å². The van der Waals surface area contributed by atoms with Crippen LogP contribution < -0.4 is 0 Å². The molecule has 0 heteroatoms. The van der Waals surface area contributed by atoms with Crippen LogP contribution in [0.5, 0.6) is 0 Å². The molecule has 0 radical (unpaired) electrons. The molecule has 0 nitrogen and oxygen atoms in total. The second kappa shape index (κ2) is 3.00. The summed E-state index contributed by atoms with van der Waals surface area (Å²) >= 11 is 0. The van der Waals surface area contributed by atoms with E-state index in [-0.39, 0.29) is 0 Å². The maximum Gasteiger partial charge on any atom is -0.0180 e. The Balaban J connectivity index is 2.50. The van der Waals surface area contributed by atoms with Crippen molar-refractivity contribution in [3.63, 3.8) is 0 Å². The smallest absolute Gasteiger partial charge is 0.0180 e. The molecule has 1 atom stereocenters. The van der Waals surface area contributed by atoms with Crippen molar-refractivity contribution >= 4 is 0 Å². The monoisotopic (exact) mass is 152 g/mol. The van der Waals surface area contributed by atoms with Crippen molar-refractivity contribution in [2.24, 2.45) is 11.3 Å². The molecule has 0 aromatic rings. The van der Waals surface area contributed by atoms with Crippen LogP contribution in [0.4, 0.5) is 0 Å². The van der Waals surface area contributed by atoms with Crippen LogP contribution in [-0.4, -0.2) is 0 Å². The summed E-state index contributed by atoms with van der Waals surface area (Å²) in [5, 5.41) is 0. The molecule has 0 aromatic heterocycles. The zero-order chi connectivity index (χ0) is 8.48. The lowest BCUT2D eigenvalue weighted by atomic mass is 9.82. The molecular weight excluding hydrogens is 132 g/mol. The highest BCUT2D eigenvalue weighted by Gasteiger charge is 2.45. The van der Waals surface area contributed by atoms with E-state index in [0.717, 1.165) is 5.92 Å². The first-order valence-electron chi connectivity index (χ1n) is 4.78. The Labute approximate surface area is 70.7 Å². The zero-order valence-corrected chi connectivity index (χ0v) is 8.11. The van der Waals surface area contributed by atoms with Crippen molar-refractivity contribution in [3.8, 4) is 0 Å². The van der Waals surface area contributed by atoms with Crippen molar-refractivity contribution in [3.05, 3.63) is 12.2 Å². The summed E-state index contributed by atoms with van der Waals surface area (Å²) in [7, 11) is 0. The SMILES string of the molecule is C=C(C)C(C)C1(CCC)CC1. The number of hydrogen-bond donors (Lipinski definition) is 0. The summed E-state index contributed by atoms with van der Waals surface area (Å²) in [6, 6.07) is 0. The zero-order valence-electron chi connectivity index (χ0n) is 8.11. The summed E-state index contributed by atoms with van der Waals surface area (Å²) in [6.07, 6.45) is 5.61. The number of hydrogen-bond acceptors (Lipinski definition) is 0. The van der Waals surface area contributed by atoms with Crippen LogP contribution in [0.15, 0.2) is 12.2 Å². The number of allylic oxidation sites excluding steroid dienone is 1. The normalized spacial score (nSPS) is 22.8. The van der Waals surface area contributed by atoms with Gasteiger partial charge in [-0.15, -0.1) is 0 Å². The standard InChI is InChI=1S/C11H20/c1-5-6-11(7-8-11)10(4)9(2)3/h10H,2,5-8H2,1,3-4H3. The minimum absolute atomic E-state index is 0.681. The van der Waals surface area contributed by atoms with Gasteiger partial charge in [0.15, 0.2) is 0 Å². The molecule has 0 aromatic carbocycles. The third kappa shape index (κ3) is 1.66. The van der Waals surface area contributed by atoms with Crippen LogP contribution in [0.2, 0.25) is 0 Å². The molecule has 0 heterocycles. The quantitative estimate of drug-likeness (QED) is 0.538. The molecule has 0 amide bonds. The summed E-state index contributed by atoms with van der Waals surface area (Å²) in [5.41, 5.74) is 2.05. The topological polar surface area (TPSA) is 0 Å². The van der Waals surface area contributed by atoms with Crippen molar-refractivity contribution < 1.29 is 0 Å². The van der Waals surface area contributed by atoms with Crippen LogP contribution in [0.1, 0.15) is 46.5 Å². The van der Waals surface area contributed by atoms with E-state index >= 15 is 0 Å². The molecule has 11 heavy (non-hydrogen) atoms. The van der Waals surface area contributed by atoms with Crippen molar-refractivity contribution in [1.29, 1.82) is 0 Å². The van der Waals surface area contributed by atoms with Gasteiger partial charge in [0.05, 0.1) is 0 Å². The highest BCUT2D eigenvalue weighted by molar-refractivity contribution is 5.09. The van der Waals surface area contributed by atoms with Crippen molar-refractivity contribution in [2.45, 2.75) is 46.5 Å². The first-order chi connectivity index (χ1) is 5.12. The molecule has 1 rings (SSSR count). The summed E-state index contributed by atoms with van der Waals surface area (Å²) < 4.78 is 0. The van der Waals surface area contributed by atoms with E-state index in [2.05, 4.69) is 27.4 Å². The first kappa shape index (κ1) is 8.83. The maximum atomic E-state index is 4.04. The molecule has 1 unspecified atom stereocenters. The Bertz CT molecular complexity index is 151. The maximum absolute atomic E-state index is 4.04. The summed E-state index contributed by atoms with van der Waals surface area (Å²) in [6.45, 7) is 10.8. The highest BCUT2D eigenvalue weighted by atomic mass is 14.5. The van der Waals surface area contributed by atoms with Gasteiger partial charge in [0.1, 0.15) is 0 Å². The number of rotatable bonds is 4. The molecule has 0 spiro atoms. The Morgan fingerprint density at radius 1 is 1.55 bits per heavy atom. The van der Waals surface area contributed by atoms with Gasteiger partial charge >= 0.3 is 0 Å². The fourth-order valence-electron chi connectivity index (χ4n) is 2.08. The van der Waals surface area contributed by atoms with Gasteiger partial charge in [0.2, 0.25) is 0 Å². The molecule has 1 aliphatic rings. The van der Waals surface area contributed by atoms with Gasteiger partial charge in [-0.05, 0) is 37.5 Å². The lowest BCUT2D eigenvalue weighted by Crippen LogP contribution is -2.13. The van der Waals surface area contributed by atoms with E-state index in [1.54, 1.807) is 0 Å². The lowest BCUT2D eigenvalue weighted by molar-refractivity contribution is 0.348. The van der Waals surface area contributed by atoms with E-state index in [1.165, 1.54) is 31.3 Å². The van der Waals surface area contributed by atoms with Crippen LogP contribution >= 0.6 is 0 Å². The van der Waals surface area contributed by atoms with Crippen LogP contribution in [0.25, 0.3) is 0 Å². The van der Waals surface area contributed by atoms with Gasteiger partial charge in [0, 0.05) is 0 Å². The van der Waals surface area contributed by atoms with Gasteiger partial charge in [-0.2, -0.15) is 0 Å². The average Bonchev–Trinajstić information content (AvgIpc) is 2.69. The molecule has 0 bridgehead atoms. The summed E-state index contributed by atoms with van der Waals surface area (Å²) in [4.78, 5) is 0. The Kier molecular flexibility index (Phi) is 2.41. The first-order valence-corrected chi connectivity index (χ1v) is 4.78. The minimum atomic E-state index is 0.681. The van der Waals surface area contributed by atoms with E-state index < -0.39 is 0 Å².